The number of hydrogen-bond acceptors (Lipinski definition) is 11. The highest BCUT2D eigenvalue weighted by molar-refractivity contribution is 5.80. The lowest BCUT2D eigenvalue weighted by molar-refractivity contribution is -0.143. The standard InChI is InChI=1S/C28H44N6O11/c1-19(2)11-22(29)28(44)31-45-18-21-5-3-20(4-6-21)12-30-23(35)13-32(7-9-33(14-24(36)37)15-25(38)39)8-10-34(16-26(40)41)17-27(42)43/h3-6,19,22H,7-18,29H2,1-2H3,(H,30,35)(H,31,44)(H,36,37)(H,38,39)(H,40,41)(H,42,43)/t22-/m1/s1. The summed E-state index contributed by atoms with van der Waals surface area (Å²) in [5.41, 5.74) is 9.66. The number of rotatable bonds is 24. The Morgan fingerprint density at radius 1 is 0.711 bits per heavy atom. The molecule has 1 rings (SSSR count). The molecule has 0 aliphatic carbocycles. The highest BCUT2D eigenvalue weighted by Gasteiger charge is 2.20. The Labute approximate surface area is 260 Å². The minimum absolute atomic E-state index is 0.0304. The summed E-state index contributed by atoms with van der Waals surface area (Å²) in [6, 6.07) is 6.36. The Balaban J connectivity index is 2.75. The van der Waals surface area contributed by atoms with E-state index in [1.54, 1.807) is 29.2 Å². The number of aliphatic carboxylic acids is 4. The van der Waals surface area contributed by atoms with Crippen LogP contribution in [-0.2, 0) is 46.8 Å². The number of hydrogen-bond donors (Lipinski definition) is 7. The molecule has 17 nitrogen and oxygen atoms in total. The molecule has 8 N–H and O–H groups in total. The number of amides is 2. The smallest absolute Gasteiger partial charge is 0.317 e. The molecular weight excluding hydrogens is 596 g/mol. The van der Waals surface area contributed by atoms with E-state index in [9.17, 15) is 28.8 Å². The Hall–Kier alpha value is -4.16. The molecular formula is C28H44N6O11. The fraction of sp³-hybridized carbons (Fsp3) is 0.571. The Morgan fingerprint density at radius 2 is 1.13 bits per heavy atom. The van der Waals surface area contributed by atoms with Gasteiger partial charge in [0, 0.05) is 32.7 Å². The topological polar surface area (TPSA) is 252 Å². The highest BCUT2D eigenvalue weighted by Crippen LogP contribution is 2.07. The third-order valence-corrected chi connectivity index (χ3v) is 6.25. The van der Waals surface area contributed by atoms with Crippen molar-refractivity contribution in [3.63, 3.8) is 0 Å². The summed E-state index contributed by atoms with van der Waals surface area (Å²) in [7, 11) is 0. The maximum Gasteiger partial charge on any atom is 0.317 e. The van der Waals surface area contributed by atoms with E-state index in [0.717, 1.165) is 11.1 Å². The zero-order valence-electron chi connectivity index (χ0n) is 25.5. The van der Waals surface area contributed by atoms with Gasteiger partial charge in [0.2, 0.25) is 5.91 Å². The summed E-state index contributed by atoms with van der Waals surface area (Å²) >= 11 is 0. The maximum atomic E-state index is 12.8. The summed E-state index contributed by atoms with van der Waals surface area (Å²) in [4.78, 5) is 78.5. The van der Waals surface area contributed by atoms with Crippen LogP contribution in [-0.4, -0.2) is 136 Å². The first kappa shape index (κ1) is 38.9. The number of nitrogens with zero attached hydrogens (tertiary/aromatic N) is 3. The number of nitrogens with two attached hydrogens (primary N) is 1. The van der Waals surface area contributed by atoms with Crippen molar-refractivity contribution >= 4 is 35.7 Å². The van der Waals surface area contributed by atoms with E-state index >= 15 is 0 Å². The zero-order valence-corrected chi connectivity index (χ0v) is 25.5. The average molecular weight is 641 g/mol. The molecule has 252 valence electrons. The first-order chi connectivity index (χ1) is 21.1. The first-order valence-corrected chi connectivity index (χ1v) is 14.2. The van der Waals surface area contributed by atoms with Crippen molar-refractivity contribution in [3.8, 4) is 0 Å². The lowest BCUT2D eigenvalue weighted by Gasteiger charge is -2.28. The summed E-state index contributed by atoms with van der Waals surface area (Å²) in [5.74, 6) is -5.51. The molecule has 0 aliphatic rings. The van der Waals surface area contributed by atoms with Gasteiger partial charge < -0.3 is 31.5 Å². The Kier molecular flexibility index (Phi) is 17.9. The van der Waals surface area contributed by atoms with Crippen LogP contribution in [0.15, 0.2) is 24.3 Å². The molecule has 0 unspecified atom stereocenters. The van der Waals surface area contributed by atoms with Crippen LogP contribution in [0.1, 0.15) is 31.4 Å². The molecule has 1 aromatic carbocycles. The van der Waals surface area contributed by atoms with Crippen LogP contribution >= 0.6 is 0 Å². The van der Waals surface area contributed by atoms with E-state index in [2.05, 4.69) is 10.8 Å². The van der Waals surface area contributed by atoms with Gasteiger partial charge in [0.05, 0.1) is 45.4 Å². The van der Waals surface area contributed by atoms with Gasteiger partial charge in [0.25, 0.3) is 5.91 Å². The number of carboxylic acid groups (broad SMARTS) is 4. The van der Waals surface area contributed by atoms with E-state index < -0.39 is 67.9 Å². The maximum absolute atomic E-state index is 12.8. The van der Waals surface area contributed by atoms with E-state index in [1.807, 2.05) is 13.8 Å². The van der Waals surface area contributed by atoms with Crippen LogP contribution in [0.3, 0.4) is 0 Å². The van der Waals surface area contributed by atoms with E-state index in [0.29, 0.717) is 6.42 Å². The van der Waals surface area contributed by atoms with Gasteiger partial charge in [-0.15, -0.1) is 0 Å². The van der Waals surface area contributed by atoms with Gasteiger partial charge in [-0.05, 0) is 23.5 Å². The molecule has 0 saturated heterocycles. The minimum Gasteiger partial charge on any atom is -0.480 e. The van der Waals surface area contributed by atoms with Crippen LogP contribution in [0.2, 0.25) is 0 Å². The molecule has 1 atom stereocenters. The summed E-state index contributed by atoms with van der Waals surface area (Å²) in [6.45, 7) is 1.83. The second-order valence-corrected chi connectivity index (χ2v) is 10.9. The van der Waals surface area contributed by atoms with Gasteiger partial charge in [-0.3, -0.25) is 48.3 Å². The van der Waals surface area contributed by atoms with Crippen molar-refractivity contribution in [2.24, 2.45) is 11.7 Å². The molecule has 17 heteroatoms. The van der Waals surface area contributed by atoms with Gasteiger partial charge in [-0.25, -0.2) is 5.48 Å². The first-order valence-electron chi connectivity index (χ1n) is 14.2. The molecule has 2 amide bonds. The van der Waals surface area contributed by atoms with Crippen LogP contribution in [0.5, 0.6) is 0 Å². The molecule has 0 aromatic heterocycles. The predicted octanol–water partition coefficient (Wildman–Crippen LogP) is -1.53. The van der Waals surface area contributed by atoms with Crippen molar-refractivity contribution in [2.45, 2.75) is 39.5 Å². The van der Waals surface area contributed by atoms with Crippen LogP contribution in [0.25, 0.3) is 0 Å². The van der Waals surface area contributed by atoms with Crippen molar-refractivity contribution < 1.29 is 54.0 Å². The molecule has 0 heterocycles. The molecule has 0 saturated carbocycles. The molecule has 0 spiro atoms. The largest absolute Gasteiger partial charge is 0.480 e. The molecule has 45 heavy (non-hydrogen) atoms. The third kappa shape index (κ3) is 19.0. The monoisotopic (exact) mass is 640 g/mol. The number of hydroxylamine groups is 1. The van der Waals surface area contributed by atoms with Crippen molar-refractivity contribution in [2.75, 3.05) is 58.9 Å². The fourth-order valence-corrected chi connectivity index (χ4v) is 4.12. The molecule has 0 bridgehead atoms. The zero-order chi connectivity index (χ0) is 33.9. The third-order valence-electron chi connectivity index (χ3n) is 6.25. The van der Waals surface area contributed by atoms with Gasteiger partial charge in [0.1, 0.15) is 0 Å². The minimum atomic E-state index is -1.23. The van der Waals surface area contributed by atoms with Crippen LogP contribution in [0, 0.1) is 5.92 Å². The van der Waals surface area contributed by atoms with Crippen molar-refractivity contribution in [1.29, 1.82) is 0 Å². The fourth-order valence-electron chi connectivity index (χ4n) is 4.12. The summed E-state index contributed by atoms with van der Waals surface area (Å²) < 4.78 is 0. The lowest BCUT2D eigenvalue weighted by atomic mass is 10.0. The second kappa shape index (κ2) is 20.7. The number of benzene rings is 1. The van der Waals surface area contributed by atoms with Gasteiger partial charge in [-0.1, -0.05) is 38.1 Å². The SMILES string of the molecule is CC(C)C[C@@H](N)C(=O)NOCc1ccc(CNC(=O)CN(CCN(CC(=O)O)CC(=O)O)CCN(CC(=O)O)CC(=O)O)cc1. The lowest BCUT2D eigenvalue weighted by Crippen LogP contribution is -2.47. The van der Waals surface area contributed by atoms with E-state index in [-0.39, 0.29) is 51.8 Å². The molecule has 0 fully saturated rings. The molecule has 1 aromatic rings. The Morgan fingerprint density at radius 3 is 1.56 bits per heavy atom. The van der Waals surface area contributed by atoms with E-state index in [1.165, 1.54) is 9.80 Å². The molecule has 0 aliphatic heterocycles. The van der Waals surface area contributed by atoms with Crippen molar-refractivity contribution in [3.05, 3.63) is 35.4 Å². The second-order valence-electron chi connectivity index (χ2n) is 10.9. The number of nitrogens with one attached hydrogen (secondary N) is 2. The molecule has 0 radical (unpaired) electrons. The number of carbonyl (C=O) groups excluding carboxylic acids is 2. The van der Waals surface area contributed by atoms with Crippen LogP contribution in [0.4, 0.5) is 0 Å². The quantitative estimate of drug-likeness (QED) is 0.0633. The van der Waals surface area contributed by atoms with Gasteiger partial charge >= 0.3 is 23.9 Å². The highest BCUT2D eigenvalue weighted by atomic mass is 16.6. The normalized spacial score (nSPS) is 12.0. The summed E-state index contributed by atoms with van der Waals surface area (Å²) in [6.07, 6.45) is 0.523. The van der Waals surface area contributed by atoms with Crippen molar-refractivity contribution in [1.82, 2.24) is 25.5 Å². The summed E-state index contributed by atoms with van der Waals surface area (Å²) in [5, 5.41) is 39.1. The number of carboxylic acids is 4. The van der Waals surface area contributed by atoms with E-state index in [4.69, 9.17) is 31.0 Å². The van der Waals surface area contributed by atoms with Crippen LogP contribution < -0.4 is 16.5 Å². The Bertz CT molecular complexity index is 1060. The van der Waals surface area contributed by atoms with Gasteiger partial charge in [0.15, 0.2) is 0 Å². The number of carbonyl (C=O) groups is 6. The average Bonchev–Trinajstić information content (AvgIpc) is 2.92. The predicted molar refractivity (Wildman–Crippen MR) is 159 cm³/mol. The van der Waals surface area contributed by atoms with Gasteiger partial charge in [-0.2, -0.15) is 0 Å².